The van der Waals surface area contributed by atoms with E-state index < -0.39 is 0 Å². The quantitative estimate of drug-likeness (QED) is 0.463. The number of rotatable bonds is 3. The molecule has 0 aromatic carbocycles. The minimum Gasteiger partial charge on any atom is -0.461 e. The van der Waals surface area contributed by atoms with Crippen molar-refractivity contribution in [3.05, 3.63) is 11.6 Å². The molecule has 4 rings (SSSR count). The van der Waals surface area contributed by atoms with Gasteiger partial charge >= 0.3 is 5.97 Å². The van der Waals surface area contributed by atoms with Crippen molar-refractivity contribution in [3.63, 3.8) is 0 Å². The van der Waals surface area contributed by atoms with Crippen molar-refractivity contribution in [1.82, 2.24) is 0 Å². The van der Waals surface area contributed by atoms with E-state index in [0.717, 1.165) is 38.5 Å². The highest BCUT2D eigenvalue weighted by atomic mass is 79.9. The molecule has 3 fully saturated rings. The average molecular weight is 451 g/mol. The maximum absolute atomic E-state index is 12.6. The van der Waals surface area contributed by atoms with Crippen molar-refractivity contribution in [2.75, 3.05) is 5.33 Å². The Balaban J connectivity index is 1.66. The molecular weight excluding hydrogens is 420 g/mol. The van der Waals surface area contributed by atoms with Gasteiger partial charge in [0.1, 0.15) is 17.2 Å². The summed E-state index contributed by atoms with van der Waals surface area (Å²) in [6.45, 7) is 6.29. The number of halogens is 1. The molecule has 4 nitrogen and oxygen atoms in total. The van der Waals surface area contributed by atoms with Crippen LogP contribution in [-0.2, 0) is 19.1 Å². The van der Waals surface area contributed by atoms with Crippen molar-refractivity contribution in [1.29, 1.82) is 0 Å². The predicted octanol–water partition coefficient (Wildman–Crippen LogP) is 4.64. The molecule has 28 heavy (non-hydrogen) atoms. The molecule has 0 amide bonds. The first kappa shape index (κ1) is 20.3. The summed E-state index contributed by atoms with van der Waals surface area (Å²) in [6, 6.07) is 0. The second-order valence-corrected chi connectivity index (χ2v) is 10.6. The number of fused-ring (bicyclic) bond motifs is 5. The maximum Gasteiger partial charge on any atom is 0.316 e. The van der Waals surface area contributed by atoms with Gasteiger partial charge in [-0.25, -0.2) is 0 Å². The molecule has 4 aliphatic carbocycles. The smallest absolute Gasteiger partial charge is 0.316 e. The topological polar surface area (TPSA) is 60.4 Å². The van der Waals surface area contributed by atoms with Crippen LogP contribution in [0.4, 0.5) is 0 Å². The molecule has 3 saturated carbocycles. The van der Waals surface area contributed by atoms with Crippen molar-refractivity contribution in [2.45, 2.75) is 71.8 Å². The van der Waals surface area contributed by atoms with E-state index in [9.17, 15) is 14.4 Å². The molecule has 0 radical (unpaired) electrons. The average Bonchev–Trinajstić information content (AvgIpc) is 2.94. The van der Waals surface area contributed by atoms with Gasteiger partial charge in [-0.1, -0.05) is 35.4 Å². The second kappa shape index (κ2) is 7.07. The van der Waals surface area contributed by atoms with Gasteiger partial charge in [-0.2, -0.15) is 0 Å². The molecule has 0 aliphatic heterocycles. The lowest BCUT2D eigenvalue weighted by atomic mass is 9.46. The summed E-state index contributed by atoms with van der Waals surface area (Å²) < 4.78 is 5.75. The predicted molar refractivity (Wildman–Crippen MR) is 110 cm³/mol. The van der Waals surface area contributed by atoms with E-state index in [1.807, 2.05) is 6.08 Å². The minimum absolute atomic E-state index is 0.0909. The van der Waals surface area contributed by atoms with E-state index in [-0.39, 0.29) is 45.7 Å². The number of esters is 1. The Morgan fingerprint density at radius 2 is 1.93 bits per heavy atom. The first-order valence-corrected chi connectivity index (χ1v) is 11.8. The number of ketones is 2. The first-order chi connectivity index (χ1) is 13.2. The lowest BCUT2D eigenvalue weighted by Gasteiger charge is -2.57. The molecule has 4 aliphatic rings. The van der Waals surface area contributed by atoms with Crippen molar-refractivity contribution < 1.29 is 19.1 Å². The van der Waals surface area contributed by atoms with Crippen molar-refractivity contribution in [3.8, 4) is 0 Å². The molecule has 0 bridgehead atoms. The van der Waals surface area contributed by atoms with Gasteiger partial charge in [-0.15, -0.1) is 0 Å². The first-order valence-electron chi connectivity index (χ1n) is 10.7. The van der Waals surface area contributed by atoms with Gasteiger partial charge in [-0.05, 0) is 80.1 Å². The Morgan fingerprint density at radius 1 is 1.18 bits per heavy atom. The van der Waals surface area contributed by atoms with Crippen LogP contribution in [0.1, 0.15) is 65.7 Å². The zero-order valence-electron chi connectivity index (χ0n) is 17.1. The van der Waals surface area contributed by atoms with Gasteiger partial charge in [0.25, 0.3) is 0 Å². The van der Waals surface area contributed by atoms with Crippen molar-refractivity contribution >= 4 is 33.5 Å². The van der Waals surface area contributed by atoms with Gasteiger partial charge in [0, 0.05) is 6.42 Å². The van der Waals surface area contributed by atoms with Gasteiger partial charge in [0.15, 0.2) is 5.78 Å². The minimum atomic E-state index is -0.297. The zero-order valence-corrected chi connectivity index (χ0v) is 18.7. The number of hydrogen-bond donors (Lipinski definition) is 0. The summed E-state index contributed by atoms with van der Waals surface area (Å²) >= 11 is 3.18. The van der Waals surface area contributed by atoms with Crippen LogP contribution >= 0.6 is 15.9 Å². The van der Waals surface area contributed by atoms with Crippen LogP contribution in [0.25, 0.3) is 0 Å². The van der Waals surface area contributed by atoms with Gasteiger partial charge in [-0.3, -0.25) is 14.4 Å². The fourth-order valence-electron chi connectivity index (χ4n) is 7.59. The SMILES string of the molecule is CC(=O)[C@H]1C(OC(=O)CBr)C[C@H]2[C@@H]3CCC4=CC(=O)CC[C@]4(C)[C@H]3CC[C@]12C. The number of alkyl halides is 1. The Labute approximate surface area is 176 Å². The fourth-order valence-corrected chi connectivity index (χ4v) is 7.72. The molecule has 0 spiro atoms. The maximum atomic E-state index is 12.6. The van der Waals surface area contributed by atoms with Gasteiger partial charge in [0.05, 0.1) is 5.92 Å². The van der Waals surface area contributed by atoms with Crippen LogP contribution in [-0.4, -0.2) is 29.0 Å². The van der Waals surface area contributed by atoms with Crippen LogP contribution in [0.2, 0.25) is 0 Å². The second-order valence-electron chi connectivity index (χ2n) is 10.00. The van der Waals surface area contributed by atoms with Gasteiger partial charge < -0.3 is 4.74 Å². The molecule has 7 atom stereocenters. The largest absolute Gasteiger partial charge is 0.461 e. The highest BCUT2D eigenvalue weighted by Gasteiger charge is 2.63. The molecular formula is C23H31BrO4. The normalized spacial score (nSPS) is 44.8. The summed E-state index contributed by atoms with van der Waals surface area (Å²) in [6.07, 6.45) is 8.23. The van der Waals surface area contributed by atoms with E-state index in [4.69, 9.17) is 4.74 Å². The third-order valence-electron chi connectivity index (χ3n) is 8.80. The molecule has 154 valence electrons. The summed E-state index contributed by atoms with van der Waals surface area (Å²) in [5.74, 6) is 1.48. The van der Waals surface area contributed by atoms with E-state index in [2.05, 4.69) is 29.8 Å². The van der Waals surface area contributed by atoms with E-state index in [1.54, 1.807) is 6.92 Å². The molecule has 0 heterocycles. The van der Waals surface area contributed by atoms with Crippen LogP contribution < -0.4 is 0 Å². The van der Waals surface area contributed by atoms with Crippen LogP contribution in [0, 0.1) is 34.5 Å². The lowest BCUT2D eigenvalue weighted by Crippen LogP contribution is -2.51. The summed E-state index contributed by atoms with van der Waals surface area (Å²) in [4.78, 5) is 36.6. The molecule has 0 saturated heterocycles. The van der Waals surface area contributed by atoms with Crippen molar-refractivity contribution in [2.24, 2.45) is 34.5 Å². The number of allylic oxidation sites excluding steroid dienone is 1. The number of carbonyl (C=O) groups is 3. The Bertz CT molecular complexity index is 743. The Hall–Kier alpha value is -0.970. The highest BCUT2D eigenvalue weighted by Crippen LogP contribution is 2.67. The third kappa shape index (κ3) is 2.95. The third-order valence-corrected chi connectivity index (χ3v) is 9.26. The van der Waals surface area contributed by atoms with E-state index in [1.165, 1.54) is 5.57 Å². The lowest BCUT2D eigenvalue weighted by molar-refractivity contribution is -0.151. The van der Waals surface area contributed by atoms with Crippen LogP contribution in [0.15, 0.2) is 11.6 Å². The van der Waals surface area contributed by atoms with E-state index >= 15 is 0 Å². The number of Topliss-reactive ketones (excluding diaryl/α,β-unsaturated/α-hetero) is 1. The molecule has 0 aromatic heterocycles. The number of ether oxygens (including phenoxy) is 1. The number of hydrogen-bond acceptors (Lipinski definition) is 4. The molecule has 1 unspecified atom stereocenters. The molecule has 5 heteroatoms. The Morgan fingerprint density at radius 3 is 2.61 bits per heavy atom. The Kier molecular flexibility index (Phi) is 5.13. The highest BCUT2D eigenvalue weighted by molar-refractivity contribution is 9.09. The summed E-state index contributed by atoms with van der Waals surface area (Å²) in [5, 5.41) is 0.168. The summed E-state index contributed by atoms with van der Waals surface area (Å²) in [5.41, 5.74) is 1.39. The molecule has 0 aromatic rings. The standard InChI is InChI=1S/C23H31BrO4/c1-13(25)21-19(28-20(27)12-24)11-18-16-5-4-14-10-15(26)6-8-22(14,2)17(16)7-9-23(18,21)3/h10,16-19,21H,4-9,11-12H2,1-3H3/t16-,17+,18+,19?,21+,22+,23+/m1/s1. The van der Waals surface area contributed by atoms with Crippen LogP contribution in [0.3, 0.4) is 0 Å². The fraction of sp³-hybridized carbons (Fsp3) is 0.783. The monoisotopic (exact) mass is 450 g/mol. The summed E-state index contributed by atoms with van der Waals surface area (Å²) in [7, 11) is 0. The zero-order chi connectivity index (χ0) is 20.3. The number of carbonyl (C=O) groups excluding carboxylic acids is 3. The van der Waals surface area contributed by atoms with Gasteiger partial charge in [0.2, 0.25) is 0 Å². The van der Waals surface area contributed by atoms with Crippen LogP contribution in [0.5, 0.6) is 0 Å². The molecule has 0 N–H and O–H groups in total. The van der Waals surface area contributed by atoms with E-state index in [0.29, 0.717) is 24.2 Å².